The molecule has 1 fully saturated rings. The molecular formula is C11H14N2O2S. The van der Waals surface area contributed by atoms with Crippen molar-refractivity contribution in [3.8, 4) is 0 Å². The average Bonchev–Trinajstić information content (AvgIpc) is 2.81. The quantitative estimate of drug-likeness (QED) is 0.838. The molecule has 4 nitrogen and oxygen atoms in total. The minimum absolute atomic E-state index is 0.0148. The highest BCUT2D eigenvalue weighted by atomic mass is 32.1. The summed E-state index contributed by atoms with van der Waals surface area (Å²) in [6, 6.07) is 3.66. The molecule has 1 saturated heterocycles. The van der Waals surface area contributed by atoms with Crippen LogP contribution in [0, 0.1) is 5.92 Å². The number of nitrogens with zero attached hydrogens (tertiary/aromatic N) is 1. The molecule has 2 amide bonds. The smallest absolute Gasteiger partial charge is 0.263 e. The van der Waals surface area contributed by atoms with E-state index in [1.807, 2.05) is 11.4 Å². The molecule has 0 spiro atoms. The van der Waals surface area contributed by atoms with Gasteiger partial charge in [0.1, 0.15) is 0 Å². The van der Waals surface area contributed by atoms with Crippen molar-refractivity contribution in [1.82, 2.24) is 4.90 Å². The Morgan fingerprint density at radius 3 is 2.94 bits per heavy atom. The molecule has 5 heteroatoms. The first kappa shape index (κ1) is 11.1. The summed E-state index contributed by atoms with van der Waals surface area (Å²) in [4.78, 5) is 25.6. The van der Waals surface area contributed by atoms with Gasteiger partial charge in [-0.3, -0.25) is 9.59 Å². The molecule has 0 radical (unpaired) electrons. The van der Waals surface area contributed by atoms with E-state index in [1.165, 1.54) is 11.3 Å². The molecule has 0 bridgehead atoms. The number of thiophene rings is 1. The lowest BCUT2D eigenvalue weighted by Crippen LogP contribution is -2.43. The summed E-state index contributed by atoms with van der Waals surface area (Å²) in [6.45, 7) is 1.19. The summed E-state index contributed by atoms with van der Waals surface area (Å²) in [5.41, 5.74) is 5.27. The zero-order chi connectivity index (χ0) is 11.5. The van der Waals surface area contributed by atoms with Crippen LogP contribution in [0.3, 0.4) is 0 Å². The Labute approximate surface area is 98.0 Å². The van der Waals surface area contributed by atoms with Gasteiger partial charge in [0.15, 0.2) is 0 Å². The third-order valence-electron chi connectivity index (χ3n) is 2.84. The number of amides is 2. The predicted molar refractivity (Wildman–Crippen MR) is 62.1 cm³/mol. The van der Waals surface area contributed by atoms with Crippen LogP contribution in [0.4, 0.5) is 0 Å². The van der Waals surface area contributed by atoms with Gasteiger partial charge in [0.25, 0.3) is 5.91 Å². The van der Waals surface area contributed by atoms with Crippen molar-refractivity contribution < 1.29 is 9.59 Å². The highest BCUT2D eigenvalue weighted by Gasteiger charge is 2.27. The topological polar surface area (TPSA) is 63.4 Å². The van der Waals surface area contributed by atoms with E-state index in [2.05, 4.69) is 0 Å². The number of primary amides is 1. The van der Waals surface area contributed by atoms with E-state index in [9.17, 15) is 9.59 Å². The number of carbonyl (C=O) groups excluding carboxylic acids is 2. The molecule has 0 aliphatic carbocycles. The third kappa shape index (κ3) is 2.24. The Balaban J connectivity index is 2.05. The third-order valence-corrected chi connectivity index (χ3v) is 3.70. The number of hydrogen-bond donors (Lipinski definition) is 1. The molecule has 1 aromatic rings. The molecule has 2 heterocycles. The standard InChI is InChI=1S/C11H14N2O2S/c12-10(14)8-3-1-5-13(7-8)11(15)9-4-2-6-16-9/h2,4,6,8H,1,3,5,7H2,(H2,12,14). The van der Waals surface area contributed by atoms with Crippen LogP contribution in [0.5, 0.6) is 0 Å². The van der Waals surface area contributed by atoms with E-state index >= 15 is 0 Å². The predicted octanol–water partition coefficient (Wildman–Crippen LogP) is 1.09. The number of rotatable bonds is 2. The first-order valence-corrected chi connectivity index (χ1v) is 6.18. The molecular weight excluding hydrogens is 224 g/mol. The number of hydrogen-bond acceptors (Lipinski definition) is 3. The summed E-state index contributed by atoms with van der Waals surface area (Å²) < 4.78 is 0. The first-order chi connectivity index (χ1) is 7.68. The van der Waals surface area contributed by atoms with E-state index in [0.717, 1.165) is 24.3 Å². The van der Waals surface area contributed by atoms with E-state index < -0.39 is 0 Å². The summed E-state index contributed by atoms with van der Waals surface area (Å²) in [6.07, 6.45) is 1.65. The fourth-order valence-corrected chi connectivity index (χ4v) is 2.64. The molecule has 16 heavy (non-hydrogen) atoms. The maximum atomic E-state index is 12.0. The first-order valence-electron chi connectivity index (χ1n) is 5.30. The van der Waals surface area contributed by atoms with Crippen LogP contribution in [0.25, 0.3) is 0 Å². The molecule has 1 aliphatic rings. The van der Waals surface area contributed by atoms with Crippen molar-refractivity contribution in [3.63, 3.8) is 0 Å². The van der Waals surface area contributed by atoms with Crippen LogP contribution in [0.15, 0.2) is 17.5 Å². The van der Waals surface area contributed by atoms with Crippen LogP contribution in [0.1, 0.15) is 22.5 Å². The molecule has 86 valence electrons. The largest absolute Gasteiger partial charge is 0.369 e. The van der Waals surface area contributed by atoms with Crippen molar-refractivity contribution in [2.75, 3.05) is 13.1 Å². The van der Waals surface area contributed by atoms with E-state index in [1.54, 1.807) is 11.0 Å². The monoisotopic (exact) mass is 238 g/mol. The van der Waals surface area contributed by atoms with E-state index in [4.69, 9.17) is 5.73 Å². The fourth-order valence-electron chi connectivity index (χ4n) is 1.95. The number of nitrogens with two attached hydrogens (primary N) is 1. The Morgan fingerprint density at radius 2 is 2.31 bits per heavy atom. The molecule has 1 aromatic heterocycles. The van der Waals surface area contributed by atoms with Crippen molar-refractivity contribution in [3.05, 3.63) is 22.4 Å². The van der Waals surface area contributed by atoms with Crippen LogP contribution in [-0.2, 0) is 4.79 Å². The van der Waals surface area contributed by atoms with Crippen LogP contribution < -0.4 is 5.73 Å². The summed E-state index contributed by atoms with van der Waals surface area (Å²) in [5, 5.41) is 1.88. The van der Waals surface area contributed by atoms with Crippen LogP contribution >= 0.6 is 11.3 Å². The molecule has 1 atom stereocenters. The van der Waals surface area contributed by atoms with Gasteiger partial charge in [0.2, 0.25) is 5.91 Å². The Hall–Kier alpha value is -1.36. The van der Waals surface area contributed by atoms with Crippen molar-refractivity contribution in [2.24, 2.45) is 11.7 Å². The summed E-state index contributed by atoms with van der Waals surface area (Å²) >= 11 is 1.43. The lowest BCUT2D eigenvalue weighted by Gasteiger charge is -2.30. The van der Waals surface area contributed by atoms with Gasteiger partial charge in [0, 0.05) is 13.1 Å². The SMILES string of the molecule is NC(=O)C1CCCN(C(=O)c2cccs2)C1. The lowest BCUT2D eigenvalue weighted by molar-refractivity contribution is -0.123. The Bertz CT molecular complexity index is 389. The van der Waals surface area contributed by atoms with Gasteiger partial charge in [0.05, 0.1) is 10.8 Å². The molecule has 0 saturated carbocycles. The molecule has 0 aromatic carbocycles. The number of piperidine rings is 1. The second kappa shape index (κ2) is 4.65. The lowest BCUT2D eigenvalue weighted by atomic mass is 9.97. The molecule has 2 rings (SSSR count). The van der Waals surface area contributed by atoms with Gasteiger partial charge in [-0.1, -0.05) is 6.07 Å². The zero-order valence-electron chi connectivity index (χ0n) is 8.89. The Kier molecular flexibility index (Phi) is 3.24. The molecule has 1 unspecified atom stereocenters. The van der Waals surface area contributed by atoms with Gasteiger partial charge in [-0.2, -0.15) is 0 Å². The minimum atomic E-state index is -0.302. The molecule has 1 aliphatic heterocycles. The summed E-state index contributed by atoms with van der Waals surface area (Å²) in [5.74, 6) is -0.470. The second-order valence-electron chi connectivity index (χ2n) is 3.97. The van der Waals surface area contributed by atoms with Gasteiger partial charge >= 0.3 is 0 Å². The van der Waals surface area contributed by atoms with E-state index in [0.29, 0.717) is 6.54 Å². The maximum absolute atomic E-state index is 12.0. The van der Waals surface area contributed by atoms with E-state index in [-0.39, 0.29) is 17.7 Å². The highest BCUT2D eigenvalue weighted by Crippen LogP contribution is 2.20. The normalized spacial score (nSPS) is 20.8. The summed E-state index contributed by atoms with van der Waals surface area (Å²) in [7, 11) is 0. The van der Waals surface area contributed by atoms with Crippen LogP contribution in [-0.4, -0.2) is 29.8 Å². The Morgan fingerprint density at radius 1 is 1.50 bits per heavy atom. The minimum Gasteiger partial charge on any atom is -0.369 e. The van der Waals surface area contributed by atoms with Gasteiger partial charge in [-0.25, -0.2) is 0 Å². The highest BCUT2D eigenvalue weighted by molar-refractivity contribution is 7.12. The molecule has 2 N–H and O–H groups in total. The van der Waals surface area contributed by atoms with Gasteiger partial charge in [-0.15, -0.1) is 11.3 Å². The van der Waals surface area contributed by atoms with Gasteiger partial charge < -0.3 is 10.6 Å². The van der Waals surface area contributed by atoms with Crippen LogP contribution in [0.2, 0.25) is 0 Å². The van der Waals surface area contributed by atoms with Gasteiger partial charge in [-0.05, 0) is 24.3 Å². The average molecular weight is 238 g/mol. The fraction of sp³-hybridized carbons (Fsp3) is 0.455. The van der Waals surface area contributed by atoms with Crippen molar-refractivity contribution >= 4 is 23.2 Å². The maximum Gasteiger partial charge on any atom is 0.263 e. The van der Waals surface area contributed by atoms with Crippen molar-refractivity contribution in [2.45, 2.75) is 12.8 Å². The number of likely N-dealkylation sites (tertiary alicyclic amines) is 1. The second-order valence-corrected chi connectivity index (χ2v) is 4.92. The zero-order valence-corrected chi connectivity index (χ0v) is 9.70. The number of carbonyl (C=O) groups is 2. The van der Waals surface area contributed by atoms with Crippen molar-refractivity contribution in [1.29, 1.82) is 0 Å².